The van der Waals surface area contributed by atoms with Gasteiger partial charge in [-0.05, 0) is 67.9 Å². The smallest absolute Gasteiger partial charge is 0.245 e. The molecule has 0 bridgehead atoms. The van der Waals surface area contributed by atoms with Gasteiger partial charge in [0.1, 0.15) is 30.0 Å². The van der Waals surface area contributed by atoms with Crippen LogP contribution in [0.5, 0.6) is 0 Å². The number of hydrogen-bond acceptors (Lipinski definition) is 9. The van der Waals surface area contributed by atoms with E-state index in [0.717, 1.165) is 27.3 Å². The summed E-state index contributed by atoms with van der Waals surface area (Å²) in [4.78, 5) is 24.8. The first-order valence-corrected chi connectivity index (χ1v) is 16.0. The number of aryl methyl sites for hydroxylation is 2. The van der Waals surface area contributed by atoms with E-state index in [0.29, 0.717) is 24.8 Å². The van der Waals surface area contributed by atoms with Gasteiger partial charge in [0.15, 0.2) is 5.44 Å². The van der Waals surface area contributed by atoms with Gasteiger partial charge < -0.3 is 35.9 Å². The predicted octanol–water partition coefficient (Wildman–Crippen LogP) is 1.10. The van der Waals surface area contributed by atoms with Crippen LogP contribution in [0.15, 0.2) is 42.5 Å². The van der Waals surface area contributed by atoms with Crippen LogP contribution >= 0.6 is 0 Å². The van der Waals surface area contributed by atoms with E-state index in [-0.39, 0.29) is 31.3 Å². The lowest BCUT2D eigenvalue weighted by atomic mass is 9.91. The second-order valence-electron chi connectivity index (χ2n) is 11.7. The lowest BCUT2D eigenvalue weighted by Crippen LogP contribution is -2.55. The van der Waals surface area contributed by atoms with Crippen molar-refractivity contribution in [2.24, 2.45) is 0 Å². The molecular weight excluding hydrogens is 574 g/mol. The van der Waals surface area contributed by atoms with Crippen LogP contribution in [-0.4, -0.2) is 97.3 Å². The Morgan fingerprint density at radius 1 is 1.02 bits per heavy atom. The van der Waals surface area contributed by atoms with Gasteiger partial charge in [0, 0.05) is 32.8 Å². The number of ether oxygens (including phenoxy) is 1. The molecule has 0 spiro atoms. The topological polar surface area (TPSA) is 169 Å². The Bertz CT molecular complexity index is 1270. The highest BCUT2D eigenvalue weighted by atomic mass is 32.2. The maximum atomic E-state index is 12.5. The zero-order valence-electron chi connectivity index (χ0n) is 25.4. The lowest BCUT2D eigenvalue weighted by molar-refractivity contribution is -0.201. The summed E-state index contributed by atoms with van der Waals surface area (Å²) in [5.74, 6) is -0.531. The van der Waals surface area contributed by atoms with Gasteiger partial charge in [0.2, 0.25) is 11.8 Å². The normalized spacial score (nSPS) is 23.2. The molecule has 12 heteroatoms. The molecule has 2 aromatic rings. The van der Waals surface area contributed by atoms with Crippen LogP contribution in [0.4, 0.5) is 0 Å². The molecular formula is C31H45N3O8S. The van der Waals surface area contributed by atoms with Crippen LogP contribution in [0.25, 0.3) is 0 Å². The molecule has 2 aromatic carbocycles. The third-order valence-corrected chi connectivity index (χ3v) is 8.67. The number of rotatable bonds is 13. The van der Waals surface area contributed by atoms with E-state index < -0.39 is 46.2 Å². The molecule has 1 unspecified atom stereocenters. The summed E-state index contributed by atoms with van der Waals surface area (Å²) in [6, 6.07) is 13.7. The monoisotopic (exact) mass is 619 g/mol. The minimum atomic E-state index is -1.56. The Balaban J connectivity index is 1.55. The van der Waals surface area contributed by atoms with Gasteiger partial charge in [0.25, 0.3) is 0 Å². The Morgan fingerprint density at radius 3 is 2.30 bits per heavy atom. The van der Waals surface area contributed by atoms with Crippen LogP contribution in [-0.2, 0) is 38.0 Å². The summed E-state index contributed by atoms with van der Waals surface area (Å²) in [6.07, 6.45) is -1.63. The van der Waals surface area contributed by atoms with Gasteiger partial charge in [-0.1, -0.05) is 42.5 Å². The quantitative estimate of drug-likeness (QED) is 0.180. The number of hydrogen-bond donors (Lipinski definition) is 6. The second kappa shape index (κ2) is 15.3. The van der Waals surface area contributed by atoms with Gasteiger partial charge in [0.05, 0.1) is 10.8 Å². The Hall–Kier alpha value is -2.71. The van der Waals surface area contributed by atoms with Crippen molar-refractivity contribution in [3.05, 3.63) is 70.3 Å². The third-order valence-electron chi connectivity index (χ3n) is 7.63. The molecule has 1 fully saturated rings. The van der Waals surface area contributed by atoms with Gasteiger partial charge in [-0.3, -0.25) is 13.8 Å². The molecule has 2 amide bonds. The molecule has 1 aliphatic heterocycles. The molecule has 11 nitrogen and oxygen atoms in total. The van der Waals surface area contributed by atoms with Crippen molar-refractivity contribution in [3.63, 3.8) is 0 Å². The van der Waals surface area contributed by atoms with E-state index in [4.69, 9.17) is 4.74 Å². The van der Waals surface area contributed by atoms with Crippen LogP contribution in [0.1, 0.15) is 60.6 Å². The van der Waals surface area contributed by atoms with Crippen molar-refractivity contribution in [1.82, 2.24) is 15.7 Å². The van der Waals surface area contributed by atoms with E-state index in [1.54, 1.807) is 19.9 Å². The molecule has 0 radical (unpaired) electrons. The number of benzene rings is 2. The second-order valence-corrected chi connectivity index (χ2v) is 13.2. The summed E-state index contributed by atoms with van der Waals surface area (Å²) < 4.78 is 17.8. The number of aliphatic hydroxyl groups excluding tert-OH is 3. The summed E-state index contributed by atoms with van der Waals surface area (Å²) >= 11 is 0. The fourth-order valence-corrected chi connectivity index (χ4v) is 5.80. The standard InChI is InChI=1S/C31H45N3O8S/c1-19-9-14-22(28-26(37)25(36)27(38)29(42-28)43(5)41)18-23(19)17-21-12-10-20(11-13-21)7-6-8-24(35)33-31(2,3)30(39)32-15-16-34(4)40/h9-14,18,25-29,36-38,40H,6-8,15-17H2,1-5H3,(H,32,39)(H,33,35)/t25-,26-,27+,28+,29-,43?/m1/s1. The van der Waals surface area contributed by atoms with Gasteiger partial charge >= 0.3 is 0 Å². The van der Waals surface area contributed by atoms with Gasteiger partial charge in [-0.25, -0.2) is 0 Å². The molecule has 6 atom stereocenters. The van der Waals surface area contributed by atoms with Crippen LogP contribution in [0.3, 0.4) is 0 Å². The summed E-state index contributed by atoms with van der Waals surface area (Å²) in [7, 11) is -0.0730. The van der Waals surface area contributed by atoms with Crippen molar-refractivity contribution in [2.75, 3.05) is 26.4 Å². The Labute approximate surface area is 255 Å². The Morgan fingerprint density at radius 2 is 1.67 bits per heavy atom. The lowest BCUT2D eigenvalue weighted by Gasteiger charge is -2.40. The van der Waals surface area contributed by atoms with Gasteiger partial charge in [-0.15, -0.1) is 0 Å². The number of carbonyl (C=O) groups excluding carboxylic acids is 2. The highest BCUT2D eigenvalue weighted by Crippen LogP contribution is 2.34. The highest BCUT2D eigenvalue weighted by Gasteiger charge is 2.45. The van der Waals surface area contributed by atoms with Gasteiger partial charge in [-0.2, -0.15) is 5.06 Å². The van der Waals surface area contributed by atoms with E-state index in [1.165, 1.54) is 13.3 Å². The molecule has 1 aliphatic rings. The van der Waals surface area contributed by atoms with Crippen molar-refractivity contribution >= 4 is 22.6 Å². The number of nitrogens with one attached hydrogen (secondary N) is 2. The fraction of sp³-hybridized carbons (Fsp3) is 0.548. The number of nitrogens with zero attached hydrogens (tertiary/aromatic N) is 1. The van der Waals surface area contributed by atoms with E-state index in [2.05, 4.69) is 10.6 Å². The minimum Gasteiger partial charge on any atom is -0.387 e. The first kappa shape index (κ1) is 34.8. The summed E-state index contributed by atoms with van der Waals surface area (Å²) in [5, 5.41) is 46.7. The zero-order valence-corrected chi connectivity index (χ0v) is 26.3. The summed E-state index contributed by atoms with van der Waals surface area (Å²) in [6.45, 7) is 5.81. The maximum Gasteiger partial charge on any atom is 0.245 e. The number of hydroxylamine groups is 2. The summed E-state index contributed by atoms with van der Waals surface area (Å²) in [5.41, 5.74) is 2.64. The molecule has 1 heterocycles. The maximum absolute atomic E-state index is 12.5. The van der Waals surface area contributed by atoms with Crippen LogP contribution in [0, 0.1) is 6.92 Å². The average molecular weight is 620 g/mol. The molecule has 3 rings (SSSR count). The van der Waals surface area contributed by atoms with Crippen molar-refractivity contribution in [2.45, 2.75) is 81.8 Å². The van der Waals surface area contributed by atoms with Crippen LogP contribution < -0.4 is 10.6 Å². The van der Waals surface area contributed by atoms with Crippen LogP contribution in [0.2, 0.25) is 0 Å². The number of carbonyl (C=O) groups is 2. The zero-order chi connectivity index (χ0) is 31.9. The highest BCUT2D eigenvalue weighted by molar-refractivity contribution is 7.84. The molecule has 0 saturated carbocycles. The first-order valence-electron chi connectivity index (χ1n) is 14.4. The van der Waals surface area contributed by atoms with Crippen molar-refractivity contribution in [3.8, 4) is 0 Å². The number of amides is 2. The van der Waals surface area contributed by atoms with E-state index in [1.807, 2.05) is 43.3 Å². The predicted molar refractivity (Wildman–Crippen MR) is 163 cm³/mol. The number of likely N-dealkylation sites (N-methyl/N-ethyl adjacent to an activating group) is 1. The van der Waals surface area contributed by atoms with E-state index >= 15 is 0 Å². The first-order chi connectivity index (χ1) is 20.2. The third kappa shape index (κ3) is 9.64. The molecule has 0 aromatic heterocycles. The molecule has 238 valence electrons. The largest absolute Gasteiger partial charge is 0.387 e. The molecule has 6 N–H and O–H groups in total. The molecule has 1 saturated heterocycles. The molecule has 0 aliphatic carbocycles. The minimum absolute atomic E-state index is 0.211. The number of aliphatic hydroxyl groups is 3. The van der Waals surface area contributed by atoms with Crippen molar-refractivity contribution < 1.29 is 39.1 Å². The SMILES string of the molecule is Cc1ccc([C@@H]2O[C@H](S(C)=O)[C@@H](O)[C@H](O)[C@H]2O)cc1Cc1ccc(CCCC(=O)NC(C)(C)C(=O)NCCN(C)O)cc1. The molecule has 43 heavy (non-hydrogen) atoms. The average Bonchev–Trinajstić information content (AvgIpc) is 2.93. The van der Waals surface area contributed by atoms with Crippen molar-refractivity contribution in [1.29, 1.82) is 0 Å². The van der Waals surface area contributed by atoms with E-state index in [9.17, 15) is 34.3 Å². The Kier molecular flexibility index (Phi) is 12.4. The fourth-order valence-electron chi connectivity index (χ4n) is 4.97.